The third kappa shape index (κ3) is 2.62. The summed E-state index contributed by atoms with van der Waals surface area (Å²) in [6.07, 6.45) is 0.697. The van der Waals surface area contributed by atoms with Crippen molar-refractivity contribution in [2.75, 3.05) is 7.11 Å². The van der Waals surface area contributed by atoms with Crippen LogP contribution < -0.4 is 0 Å². The van der Waals surface area contributed by atoms with Crippen LogP contribution in [0.1, 0.15) is 31.4 Å². The van der Waals surface area contributed by atoms with E-state index in [1.807, 2.05) is 29.2 Å². The molecule has 0 saturated heterocycles. The Bertz CT molecular complexity index is 497. The number of hydrogen-bond acceptors (Lipinski definition) is 3. The van der Waals surface area contributed by atoms with Gasteiger partial charge in [0, 0.05) is 12.1 Å². The maximum atomic E-state index is 12.0. The number of rotatable bonds is 4. The monoisotopic (exact) mass is 260 g/mol. The zero-order valence-electron chi connectivity index (χ0n) is 11.6. The molecule has 0 spiro atoms. The first-order valence-electron chi connectivity index (χ1n) is 6.56. The van der Waals surface area contributed by atoms with Crippen molar-refractivity contribution >= 4 is 11.8 Å². The van der Waals surface area contributed by atoms with Gasteiger partial charge < -0.3 is 9.64 Å². The molecular weight excluding hydrogens is 240 g/mol. The van der Waals surface area contributed by atoms with Gasteiger partial charge in [-0.05, 0) is 17.9 Å². The average Bonchev–Trinajstić information content (AvgIpc) is 2.73. The van der Waals surface area contributed by atoms with E-state index in [0.29, 0.717) is 24.7 Å². The van der Waals surface area contributed by atoms with Crippen molar-refractivity contribution in [1.82, 2.24) is 4.90 Å². The molecule has 102 valence electrons. The van der Waals surface area contributed by atoms with Gasteiger partial charge in [0.05, 0.1) is 7.11 Å². The number of carbonyl (C=O) groups excluding carboxylic acids is 1. The molecule has 1 aromatic carbocycles. The van der Waals surface area contributed by atoms with E-state index in [1.54, 1.807) is 0 Å². The molecule has 0 fully saturated rings. The average molecular weight is 260 g/mol. The summed E-state index contributed by atoms with van der Waals surface area (Å²) in [5.74, 6) is 0.540. The van der Waals surface area contributed by atoms with Gasteiger partial charge in [-0.1, -0.05) is 38.1 Å². The van der Waals surface area contributed by atoms with Crippen LogP contribution in [0.2, 0.25) is 0 Å². The van der Waals surface area contributed by atoms with Crippen LogP contribution in [-0.4, -0.2) is 29.9 Å². The fourth-order valence-corrected chi connectivity index (χ4v) is 2.51. The Hall–Kier alpha value is -1.84. The molecule has 1 atom stereocenters. The topological polar surface area (TPSA) is 53.4 Å². The molecule has 0 radical (unpaired) electrons. The van der Waals surface area contributed by atoms with Gasteiger partial charge in [-0.15, -0.1) is 0 Å². The molecule has 1 heterocycles. The van der Waals surface area contributed by atoms with Crippen LogP contribution in [0.4, 0.5) is 0 Å². The first-order valence-corrected chi connectivity index (χ1v) is 6.56. The molecule has 1 aliphatic rings. The smallest absolute Gasteiger partial charge is 0.328 e. The van der Waals surface area contributed by atoms with Gasteiger partial charge in [0.2, 0.25) is 0 Å². The van der Waals surface area contributed by atoms with E-state index in [9.17, 15) is 4.79 Å². The van der Waals surface area contributed by atoms with Gasteiger partial charge in [0.15, 0.2) is 0 Å². The van der Waals surface area contributed by atoms with Crippen molar-refractivity contribution < 1.29 is 9.53 Å². The van der Waals surface area contributed by atoms with Crippen molar-refractivity contribution in [2.45, 2.75) is 32.9 Å². The van der Waals surface area contributed by atoms with Gasteiger partial charge in [-0.3, -0.25) is 5.41 Å². The van der Waals surface area contributed by atoms with Crippen LogP contribution in [0.3, 0.4) is 0 Å². The number of hydrogen-bond donors (Lipinski definition) is 1. The molecule has 0 amide bonds. The van der Waals surface area contributed by atoms with Crippen LogP contribution in [0, 0.1) is 11.3 Å². The van der Waals surface area contributed by atoms with Crippen molar-refractivity contribution in [1.29, 1.82) is 5.41 Å². The first-order chi connectivity index (χ1) is 9.04. The molecule has 0 aromatic heterocycles. The SMILES string of the molecule is COC(=O)C(CC(C)C)N1Cc2ccccc2C1=N. The Kier molecular flexibility index (Phi) is 3.88. The Morgan fingerprint density at radius 1 is 1.42 bits per heavy atom. The second-order valence-electron chi connectivity index (χ2n) is 5.30. The lowest BCUT2D eigenvalue weighted by Gasteiger charge is -2.28. The molecule has 1 unspecified atom stereocenters. The molecule has 0 saturated carbocycles. The van der Waals surface area contributed by atoms with Gasteiger partial charge >= 0.3 is 5.97 Å². The number of nitrogens with one attached hydrogen (secondary N) is 1. The van der Waals surface area contributed by atoms with E-state index in [0.717, 1.165) is 11.1 Å². The normalized spacial score (nSPS) is 15.6. The zero-order valence-corrected chi connectivity index (χ0v) is 11.6. The molecule has 4 heteroatoms. The Labute approximate surface area is 113 Å². The molecule has 1 aliphatic heterocycles. The van der Waals surface area contributed by atoms with Crippen molar-refractivity contribution in [2.24, 2.45) is 5.92 Å². The van der Waals surface area contributed by atoms with E-state index >= 15 is 0 Å². The van der Waals surface area contributed by atoms with Crippen LogP contribution >= 0.6 is 0 Å². The van der Waals surface area contributed by atoms with E-state index in [2.05, 4.69) is 13.8 Å². The van der Waals surface area contributed by atoms with Crippen LogP contribution in [-0.2, 0) is 16.1 Å². The standard InChI is InChI=1S/C15H20N2O2/c1-10(2)8-13(15(18)19-3)17-9-11-6-4-5-7-12(11)14(17)16/h4-7,10,13,16H,8-9H2,1-3H3. The molecule has 1 N–H and O–H groups in total. The van der Waals surface area contributed by atoms with E-state index < -0.39 is 0 Å². The molecular formula is C15H20N2O2. The lowest BCUT2D eigenvalue weighted by atomic mass is 10.0. The summed E-state index contributed by atoms with van der Waals surface area (Å²) in [5, 5.41) is 8.25. The lowest BCUT2D eigenvalue weighted by Crippen LogP contribution is -2.42. The van der Waals surface area contributed by atoms with Gasteiger partial charge in [0.1, 0.15) is 11.9 Å². The number of methoxy groups -OCH3 is 1. The highest BCUT2D eigenvalue weighted by Crippen LogP contribution is 2.27. The summed E-state index contributed by atoms with van der Waals surface area (Å²) in [5.41, 5.74) is 2.02. The van der Waals surface area contributed by atoms with Gasteiger partial charge in [0.25, 0.3) is 0 Å². The number of benzene rings is 1. The van der Waals surface area contributed by atoms with Crippen LogP contribution in [0.15, 0.2) is 24.3 Å². The van der Waals surface area contributed by atoms with E-state index in [-0.39, 0.29) is 12.0 Å². The minimum Gasteiger partial charge on any atom is -0.467 e. The number of nitrogens with zero attached hydrogens (tertiary/aromatic N) is 1. The zero-order chi connectivity index (χ0) is 14.0. The lowest BCUT2D eigenvalue weighted by molar-refractivity contribution is -0.146. The maximum absolute atomic E-state index is 12.0. The summed E-state index contributed by atoms with van der Waals surface area (Å²) in [7, 11) is 1.41. The number of amidine groups is 1. The first kappa shape index (κ1) is 13.6. The Morgan fingerprint density at radius 3 is 2.68 bits per heavy atom. The van der Waals surface area contributed by atoms with Crippen LogP contribution in [0.5, 0.6) is 0 Å². The number of esters is 1. The van der Waals surface area contributed by atoms with Gasteiger partial charge in [-0.25, -0.2) is 4.79 Å². The number of fused-ring (bicyclic) bond motifs is 1. The second kappa shape index (κ2) is 5.43. The second-order valence-corrected chi connectivity index (χ2v) is 5.30. The molecule has 4 nitrogen and oxygen atoms in total. The van der Waals surface area contributed by atoms with Crippen molar-refractivity contribution in [3.05, 3.63) is 35.4 Å². The van der Waals surface area contributed by atoms with E-state index in [1.165, 1.54) is 7.11 Å². The minimum absolute atomic E-state index is 0.258. The van der Waals surface area contributed by atoms with E-state index in [4.69, 9.17) is 10.1 Å². The predicted octanol–water partition coefficient (Wildman–Crippen LogP) is 2.42. The molecule has 0 aliphatic carbocycles. The quantitative estimate of drug-likeness (QED) is 0.846. The van der Waals surface area contributed by atoms with Crippen molar-refractivity contribution in [3.8, 4) is 0 Å². The van der Waals surface area contributed by atoms with Gasteiger partial charge in [-0.2, -0.15) is 0 Å². The third-order valence-corrected chi connectivity index (χ3v) is 3.44. The highest BCUT2D eigenvalue weighted by molar-refractivity contribution is 6.02. The fourth-order valence-electron chi connectivity index (χ4n) is 2.51. The Morgan fingerprint density at radius 2 is 2.11 bits per heavy atom. The van der Waals surface area contributed by atoms with Crippen molar-refractivity contribution in [3.63, 3.8) is 0 Å². The van der Waals surface area contributed by atoms with Crippen LogP contribution in [0.25, 0.3) is 0 Å². The Balaban J connectivity index is 2.26. The number of carbonyl (C=O) groups is 1. The fraction of sp³-hybridized carbons (Fsp3) is 0.467. The summed E-state index contributed by atoms with van der Waals surface area (Å²) < 4.78 is 4.90. The summed E-state index contributed by atoms with van der Waals surface area (Å²) >= 11 is 0. The largest absolute Gasteiger partial charge is 0.467 e. The molecule has 19 heavy (non-hydrogen) atoms. The summed E-state index contributed by atoms with van der Waals surface area (Å²) in [4.78, 5) is 13.8. The highest BCUT2D eigenvalue weighted by atomic mass is 16.5. The maximum Gasteiger partial charge on any atom is 0.328 e. The third-order valence-electron chi connectivity index (χ3n) is 3.44. The summed E-state index contributed by atoms with van der Waals surface area (Å²) in [6, 6.07) is 7.46. The summed E-state index contributed by atoms with van der Waals surface area (Å²) in [6.45, 7) is 4.76. The molecule has 1 aromatic rings. The molecule has 2 rings (SSSR count). The minimum atomic E-state index is -0.370. The molecule has 0 bridgehead atoms. The predicted molar refractivity (Wildman–Crippen MR) is 74.1 cm³/mol. The highest BCUT2D eigenvalue weighted by Gasteiger charge is 2.34. The number of ether oxygens (including phenoxy) is 1.